The first-order valence-electron chi connectivity index (χ1n) is 7.65. The lowest BCUT2D eigenvalue weighted by Crippen LogP contribution is -2.59. The number of anilines is 1. The second kappa shape index (κ2) is 4.83. The average molecular weight is 299 g/mol. The topological polar surface area (TPSA) is 69.7 Å². The SMILES string of the molecule is O=C1Nc2ccccc2C(=O)N2CCN(C(=O)C3CC3)C[C@H]12. The Morgan fingerprint density at radius 1 is 1.14 bits per heavy atom. The van der Waals surface area contributed by atoms with Crippen LogP contribution in [0.3, 0.4) is 0 Å². The van der Waals surface area contributed by atoms with Crippen LogP contribution in [-0.2, 0) is 9.59 Å². The van der Waals surface area contributed by atoms with Crippen molar-refractivity contribution in [2.75, 3.05) is 25.0 Å². The van der Waals surface area contributed by atoms with Gasteiger partial charge in [0.15, 0.2) is 0 Å². The summed E-state index contributed by atoms with van der Waals surface area (Å²) in [5, 5.41) is 2.82. The van der Waals surface area contributed by atoms with Crippen molar-refractivity contribution in [2.45, 2.75) is 18.9 Å². The van der Waals surface area contributed by atoms with E-state index in [0.717, 1.165) is 12.8 Å². The number of fused-ring (bicyclic) bond motifs is 2. The fourth-order valence-corrected chi connectivity index (χ4v) is 3.19. The van der Waals surface area contributed by atoms with Gasteiger partial charge in [0.1, 0.15) is 6.04 Å². The van der Waals surface area contributed by atoms with Crippen LogP contribution in [0.5, 0.6) is 0 Å². The molecule has 0 bridgehead atoms. The van der Waals surface area contributed by atoms with E-state index in [-0.39, 0.29) is 23.6 Å². The lowest BCUT2D eigenvalue weighted by molar-refractivity contribution is -0.136. The van der Waals surface area contributed by atoms with Crippen LogP contribution in [0.15, 0.2) is 24.3 Å². The summed E-state index contributed by atoms with van der Waals surface area (Å²) in [6, 6.07) is 6.44. The molecular weight excluding hydrogens is 282 g/mol. The van der Waals surface area contributed by atoms with Crippen LogP contribution >= 0.6 is 0 Å². The quantitative estimate of drug-likeness (QED) is 0.830. The van der Waals surface area contributed by atoms with Gasteiger partial charge in [-0.15, -0.1) is 0 Å². The van der Waals surface area contributed by atoms with Crippen LogP contribution in [0, 0.1) is 5.92 Å². The minimum atomic E-state index is -0.601. The molecule has 1 aliphatic carbocycles. The molecule has 22 heavy (non-hydrogen) atoms. The summed E-state index contributed by atoms with van der Waals surface area (Å²) < 4.78 is 0. The van der Waals surface area contributed by atoms with Gasteiger partial charge in [-0.3, -0.25) is 14.4 Å². The molecule has 0 aromatic heterocycles. The Kier molecular flexibility index (Phi) is 2.92. The molecule has 114 valence electrons. The minimum absolute atomic E-state index is 0.127. The Labute approximate surface area is 128 Å². The van der Waals surface area contributed by atoms with E-state index in [1.54, 1.807) is 34.1 Å². The highest BCUT2D eigenvalue weighted by Crippen LogP contribution is 2.32. The highest BCUT2D eigenvalue weighted by molar-refractivity contribution is 6.10. The molecule has 1 atom stereocenters. The largest absolute Gasteiger partial charge is 0.338 e. The maximum Gasteiger partial charge on any atom is 0.256 e. The Hall–Kier alpha value is -2.37. The van der Waals surface area contributed by atoms with Gasteiger partial charge in [0, 0.05) is 19.0 Å². The number of piperazine rings is 1. The van der Waals surface area contributed by atoms with Crippen LogP contribution in [0.4, 0.5) is 5.69 Å². The smallest absolute Gasteiger partial charge is 0.256 e. The van der Waals surface area contributed by atoms with Gasteiger partial charge in [-0.1, -0.05) is 12.1 Å². The molecule has 1 aromatic carbocycles. The zero-order valence-electron chi connectivity index (χ0n) is 12.1. The summed E-state index contributed by atoms with van der Waals surface area (Å²) in [5.41, 5.74) is 1.06. The molecule has 4 rings (SSSR count). The molecule has 3 aliphatic rings. The van der Waals surface area contributed by atoms with Crippen molar-refractivity contribution >= 4 is 23.4 Å². The zero-order chi connectivity index (χ0) is 15.3. The van der Waals surface area contributed by atoms with Crippen LogP contribution in [-0.4, -0.2) is 53.2 Å². The van der Waals surface area contributed by atoms with E-state index in [1.807, 2.05) is 0 Å². The number of benzene rings is 1. The number of nitrogens with one attached hydrogen (secondary N) is 1. The molecule has 3 amide bonds. The number of amides is 3. The maximum absolute atomic E-state index is 12.7. The number of rotatable bonds is 1. The first kappa shape index (κ1) is 13.3. The second-order valence-corrected chi connectivity index (χ2v) is 6.11. The molecule has 6 nitrogen and oxygen atoms in total. The highest BCUT2D eigenvalue weighted by Gasteiger charge is 2.42. The summed E-state index contributed by atoms with van der Waals surface area (Å²) in [6.07, 6.45) is 1.89. The van der Waals surface area contributed by atoms with Gasteiger partial charge in [-0.05, 0) is 25.0 Å². The van der Waals surface area contributed by atoms with E-state index in [2.05, 4.69) is 5.32 Å². The molecule has 1 aromatic rings. The third kappa shape index (κ3) is 2.06. The molecule has 2 heterocycles. The van der Waals surface area contributed by atoms with Crippen molar-refractivity contribution in [1.82, 2.24) is 9.80 Å². The van der Waals surface area contributed by atoms with Crippen LogP contribution in [0.1, 0.15) is 23.2 Å². The summed E-state index contributed by atoms with van der Waals surface area (Å²) in [5.74, 6) is -0.0981. The fraction of sp³-hybridized carbons (Fsp3) is 0.438. The Balaban J connectivity index is 1.62. The van der Waals surface area contributed by atoms with E-state index in [0.29, 0.717) is 30.9 Å². The van der Waals surface area contributed by atoms with Crippen LogP contribution < -0.4 is 5.32 Å². The van der Waals surface area contributed by atoms with Crippen LogP contribution in [0.2, 0.25) is 0 Å². The maximum atomic E-state index is 12.7. The molecule has 0 radical (unpaired) electrons. The fourth-order valence-electron chi connectivity index (χ4n) is 3.19. The summed E-state index contributed by atoms with van der Waals surface area (Å²) in [4.78, 5) is 40.7. The van der Waals surface area contributed by atoms with E-state index < -0.39 is 6.04 Å². The predicted octanol–water partition coefficient (Wildman–Crippen LogP) is 0.702. The molecule has 0 unspecified atom stereocenters. The van der Waals surface area contributed by atoms with Crippen LogP contribution in [0.25, 0.3) is 0 Å². The van der Waals surface area contributed by atoms with Gasteiger partial charge in [0.25, 0.3) is 5.91 Å². The first-order valence-corrected chi connectivity index (χ1v) is 7.65. The Bertz CT molecular complexity index is 668. The molecule has 6 heteroatoms. The van der Waals surface area contributed by atoms with E-state index in [9.17, 15) is 14.4 Å². The van der Waals surface area contributed by atoms with Crippen molar-refractivity contribution in [1.29, 1.82) is 0 Å². The van der Waals surface area contributed by atoms with Crippen molar-refractivity contribution in [3.63, 3.8) is 0 Å². The van der Waals surface area contributed by atoms with Gasteiger partial charge in [0.05, 0.1) is 17.8 Å². The third-order valence-corrected chi connectivity index (χ3v) is 4.60. The number of nitrogens with zero attached hydrogens (tertiary/aromatic N) is 2. The third-order valence-electron chi connectivity index (χ3n) is 4.60. The minimum Gasteiger partial charge on any atom is -0.338 e. The number of hydrogen-bond donors (Lipinski definition) is 1. The number of hydrogen-bond acceptors (Lipinski definition) is 3. The van der Waals surface area contributed by atoms with Gasteiger partial charge >= 0.3 is 0 Å². The molecule has 0 spiro atoms. The molecule has 1 saturated carbocycles. The monoisotopic (exact) mass is 299 g/mol. The van der Waals surface area contributed by atoms with Crippen molar-refractivity contribution in [3.8, 4) is 0 Å². The molecular formula is C16H17N3O3. The number of para-hydroxylation sites is 1. The lowest BCUT2D eigenvalue weighted by atomic mass is 10.1. The normalized spacial score (nSPS) is 24.3. The molecule has 1 saturated heterocycles. The standard InChI is InChI=1S/C16H17N3O3/c20-14-13-9-18(15(21)10-5-6-10)7-8-19(13)16(22)11-3-1-2-4-12(11)17-14/h1-4,10,13H,5-9H2,(H,17,20)/t13-/m1/s1. The number of carbonyl (C=O) groups excluding carboxylic acids is 3. The summed E-state index contributed by atoms with van der Waals surface area (Å²) >= 11 is 0. The van der Waals surface area contributed by atoms with Gasteiger partial charge in [-0.25, -0.2) is 0 Å². The Morgan fingerprint density at radius 3 is 2.68 bits per heavy atom. The van der Waals surface area contributed by atoms with E-state index >= 15 is 0 Å². The summed E-state index contributed by atoms with van der Waals surface area (Å²) in [6.45, 7) is 1.21. The summed E-state index contributed by atoms with van der Waals surface area (Å²) in [7, 11) is 0. The van der Waals surface area contributed by atoms with Crippen molar-refractivity contribution < 1.29 is 14.4 Å². The van der Waals surface area contributed by atoms with E-state index in [1.165, 1.54) is 0 Å². The van der Waals surface area contributed by atoms with Gasteiger partial charge < -0.3 is 15.1 Å². The Morgan fingerprint density at radius 2 is 1.91 bits per heavy atom. The average Bonchev–Trinajstić information content (AvgIpc) is 3.38. The molecule has 2 fully saturated rings. The van der Waals surface area contributed by atoms with Gasteiger partial charge in [-0.2, -0.15) is 0 Å². The molecule has 2 aliphatic heterocycles. The van der Waals surface area contributed by atoms with E-state index in [4.69, 9.17) is 0 Å². The first-order chi connectivity index (χ1) is 10.6. The van der Waals surface area contributed by atoms with Crippen molar-refractivity contribution in [3.05, 3.63) is 29.8 Å². The number of carbonyl (C=O) groups is 3. The predicted molar refractivity (Wildman–Crippen MR) is 79.2 cm³/mol. The zero-order valence-corrected chi connectivity index (χ0v) is 12.1. The van der Waals surface area contributed by atoms with Gasteiger partial charge in [0.2, 0.25) is 11.8 Å². The van der Waals surface area contributed by atoms with Crippen molar-refractivity contribution in [2.24, 2.45) is 5.92 Å². The highest BCUT2D eigenvalue weighted by atomic mass is 16.2. The second-order valence-electron chi connectivity index (χ2n) is 6.11. The molecule has 1 N–H and O–H groups in total. The lowest BCUT2D eigenvalue weighted by Gasteiger charge is -2.39.